The highest BCUT2D eigenvalue weighted by Crippen LogP contribution is 2.29. The molecule has 2 aromatic carbocycles. The van der Waals surface area contributed by atoms with Gasteiger partial charge in [0.05, 0.1) is 16.3 Å². The number of rotatable bonds is 8. The van der Waals surface area contributed by atoms with E-state index >= 15 is 0 Å². The van der Waals surface area contributed by atoms with E-state index in [4.69, 9.17) is 4.74 Å². The van der Waals surface area contributed by atoms with Gasteiger partial charge in [0.2, 0.25) is 5.91 Å². The number of thioether (sulfide) groups is 1. The Morgan fingerprint density at radius 2 is 1.87 bits per heavy atom. The zero-order valence-corrected chi connectivity index (χ0v) is 18.4. The van der Waals surface area contributed by atoms with Crippen LogP contribution < -0.4 is 4.90 Å². The molecule has 0 spiro atoms. The quantitative estimate of drug-likeness (QED) is 0.204. The van der Waals surface area contributed by atoms with Crippen molar-refractivity contribution in [3.8, 4) is 0 Å². The molecule has 0 radical (unpaired) electrons. The second-order valence-corrected chi connectivity index (χ2v) is 8.68. The number of nitro benzene ring substituents is 1. The van der Waals surface area contributed by atoms with Crippen LogP contribution in [-0.2, 0) is 20.9 Å². The molecule has 160 valence electrons. The number of nitro groups is 1. The van der Waals surface area contributed by atoms with Crippen LogP contribution in [0.2, 0.25) is 0 Å². The van der Waals surface area contributed by atoms with Gasteiger partial charge in [-0.2, -0.15) is 0 Å². The molecule has 3 aromatic rings. The van der Waals surface area contributed by atoms with Gasteiger partial charge < -0.3 is 4.74 Å². The lowest BCUT2D eigenvalue weighted by Crippen LogP contribution is -2.22. The summed E-state index contributed by atoms with van der Waals surface area (Å²) in [6, 6.07) is 15.2. The maximum Gasteiger partial charge on any atom is 0.319 e. The third kappa shape index (κ3) is 5.89. The number of benzene rings is 2. The summed E-state index contributed by atoms with van der Waals surface area (Å²) in [7, 11) is 0. The largest absolute Gasteiger partial charge is 0.458 e. The molecular weight excluding hydrogens is 438 g/mol. The fourth-order valence-corrected chi connectivity index (χ4v) is 4.37. The van der Waals surface area contributed by atoms with Crippen LogP contribution in [0.3, 0.4) is 0 Å². The van der Waals surface area contributed by atoms with E-state index < -0.39 is 16.1 Å². The highest BCUT2D eigenvalue weighted by molar-refractivity contribution is 8.00. The summed E-state index contributed by atoms with van der Waals surface area (Å²) in [4.78, 5) is 41.3. The Kier molecular flexibility index (Phi) is 7.37. The maximum absolute atomic E-state index is 12.3. The highest BCUT2D eigenvalue weighted by Gasteiger charge is 2.20. The number of anilines is 2. The lowest BCUT2D eigenvalue weighted by molar-refractivity contribution is -0.384. The second-order valence-electron chi connectivity index (χ2n) is 6.43. The zero-order valence-electron chi connectivity index (χ0n) is 16.8. The number of aromatic nitrogens is 1. The van der Waals surface area contributed by atoms with E-state index in [1.807, 2.05) is 30.3 Å². The number of para-hydroxylation sites is 1. The third-order valence-corrected chi connectivity index (χ3v) is 6.08. The summed E-state index contributed by atoms with van der Waals surface area (Å²) in [6.45, 7) is 3.15. The van der Waals surface area contributed by atoms with Gasteiger partial charge in [-0.05, 0) is 31.2 Å². The number of thiazole rings is 1. The second kappa shape index (κ2) is 10.2. The average Bonchev–Trinajstić information content (AvgIpc) is 3.21. The van der Waals surface area contributed by atoms with E-state index in [9.17, 15) is 19.7 Å². The number of nitrogens with zero attached hydrogens (tertiary/aromatic N) is 3. The van der Waals surface area contributed by atoms with Crippen molar-refractivity contribution in [3.63, 3.8) is 0 Å². The Hall–Kier alpha value is -3.24. The fourth-order valence-electron chi connectivity index (χ4n) is 2.63. The van der Waals surface area contributed by atoms with E-state index in [-0.39, 0.29) is 18.2 Å². The normalized spacial score (nSPS) is 11.5. The molecule has 1 heterocycles. The molecule has 31 heavy (non-hydrogen) atoms. The number of carbonyl (C=O) groups excluding carboxylic acids is 2. The zero-order chi connectivity index (χ0) is 22.4. The van der Waals surface area contributed by atoms with Crippen molar-refractivity contribution >= 4 is 51.5 Å². The third-order valence-electron chi connectivity index (χ3n) is 4.11. The van der Waals surface area contributed by atoms with Gasteiger partial charge in [-0.25, -0.2) is 4.98 Å². The van der Waals surface area contributed by atoms with Crippen molar-refractivity contribution in [2.75, 3.05) is 4.90 Å². The molecule has 0 bridgehead atoms. The summed E-state index contributed by atoms with van der Waals surface area (Å²) in [5.41, 5.74) is 1.25. The fraction of sp³-hybridized carbons (Fsp3) is 0.190. The average molecular weight is 458 g/mol. The van der Waals surface area contributed by atoms with Crippen molar-refractivity contribution in [1.82, 2.24) is 4.98 Å². The van der Waals surface area contributed by atoms with Gasteiger partial charge in [0.1, 0.15) is 11.9 Å². The minimum absolute atomic E-state index is 0.00553. The standard InChI is InChI=1S/C21H19N3O5S2/c1-14(31-19-10-8-18(9-11-19)24(27)28)20(26)29-12-16-13-30-21(22-16)23(15(2)25)17-6-4-3-5-7-17/h3-11,13-14H,12H2,1-2H3. The Balaban J connectivity index is 1.58. The van der Waals surface area contributed by atoms with Gasteiger partial charge in [-0.15, -0.1) is 23.1 Å². The molecule has 0 aliphatic rings. The van der Waals surface area contributed by atoms with Crippen molar-refractivity contribution in [3.05, 3.63) is 75.8 Å². The van der Waals surface area contributed by atoms with Crippen LogP contribution in [0.5, 0.6) is 0 Å². The minimum atomic E-state index is -0.502. The summed E-state index contributed by atoms with van der Waals surface area (Å²) in [6.07, 6.45) is 0. The first kappa shape index (κ1) is 22.4. The van der Waals surface area contributed by atoms with Gasteiger partial charge >= 0.3 is 5.97 Å². The summed E-state index contributed by atoms with van der Waals surface area (Å²) < 4.78 is 5.36. The van der Waals surface area contributed by atoms with E-state index in [1.165, 1.54) is 47.1 Å². The number of ether oxygens (including phenoxy) is 1. The molecule has 10 heteroatoms. The number of amides is 1. The summed E-state index contributed by atoms with van der Waals surface area (Å²) in [5.74, 6) is -0.596. The number of hydrogen-bond donors (Lipinski definition) is 0. The van der Waals surface area contributed by atoms with Gasteiger partial charge in [0, 0.05) is 29.3 Å². The van der Waals surface area contributed by atoms with Crippen LogP contribution in [0.4, 0.5) is 16.5 Å². The molecule has 0 aliphatic heterocycles. The Bertz CT molecular complexity index is 1070. The van der Waals surface area contributed by atoms with E-state index in [2.05, 4.69) is 4.98 Å². The molecule has 0 aliphatic carbocycles. The molecule has 1 atom stereocenters. The lowest BCUT2D eigenvalue weighted by atomic mass is 10.3. The molecule has 0 saturated heterocycles. The SMILES string of the molecule is CC(=O)N(c1ccccc1)c1nc(COC(=O)C(C)Sc2ccc([N+](=O)[O-])cc2)cs1. The molecule has 0 N–H and O–H groups in total. The van der Waals surface area contributed by atoms with Crippen LogP contribution in [0.15, 0.2) is 64.9 Å². The first-order valence-corrected chi connectivity index (χ1v) is 11.0. The number of hydrogen-bond acceptors (Lipinski definition) is 8. The molecule has 1 aromatic heterocycles. The van der Waals surface area contributed by atoms with Gasteiger partial charge in [0.25, 0.3) is 5.69 Å². The molecule has 1 amide bonds. The number of non-ortho nitro benzene ring substituents is 1. The topological polar surface area (TPSA) is 103 Å². The van der Waals surface area contributed by atoms with Gasteiger partial charge in [-0.1, -0.05) is 18.2 Å². The van der Waals surface area contributed by atoms with Crippen LogP contribution in [0.1, 0.15) is 19.5 Å². The van der Waals surface area contributed by atoms with Crippen molar-refractivity contribution in [2.24, 2.45) is 0 Å². The van der Waals surface area contributed by atoms with Crippen LogP contribution in [0.25, 0.3) is 0 Å². The van der Waals surface area contributed by atoms with Gasteiger partial charge in [-0.3, -0.25) is 24.6 Å². The lowest BCUT2D eigenvalue weighted by Gasteiger charge is -2.17. The first-order chi connectivity index (χ1) is 14.8. The van der Waals surface area contributed by atoms with E-state index in [0.29, 0.717) is 16.5 Å². The molecule has 8 nitrogen and oxygen atoms in total. The minimum Gasteiger partial charge on any atom is -0.458 e. The number of carbonyl (C=O) groups is 2. The Labute approximate surface area is 187 Å². The predicted molar refractivity (Wildman–Crippen MR) is 120 cm³/mol. The first-order valence-electron chi connectivity index (χ1n) is 9.23. The van der Waals surface area contributed by atoms with E-state index in [1.54, 1.807) is 24.4 Å². The summed E-state index contributed by atoms with van der Waals surface area (Å²) >= 11 is 2.54. The van der Waals surface area contributed by atoms with Crippen molar-refractivity contribution in [1.29, 1.82) is 0 Å². The Morgan fingerprint density at radius 3 is 2.48 bits per heavy atom. The van der Waals surface area contributed by atoms with Crippen LogP contribution in [-0.4, -0.2) is 27.0 Å². The van der Waals surface area contributed by atoms with Gasteiger partial charge in [0.15, 0.2) is 5.13 Å². The van der Waals surface area contributed by atoms with Crippen molar-refractivity contribution < 1.29 is 19.2 Å². The molecule has 3 rings (SSSR count). The van der Waals surface area contributed by atoms with E-state index in [0.717, 1.165) is 4.90 Å². The number of esters is 1. The monoisotopic (exact) mass is 457 g/mol. The summed E-state index contributed by atoms with van der Waals surface area (Å²) in [5, 5.41) is 12.5. The van der Waals surface area contributed by atoms with Crippen molar-refractivity contribution in [2.45, 2.75) is 30.6 Å². The molecule has 0 fully saturated rings. The predicted octanol–water partition coefficient (Wildman–Crippen LogP) is 4.96. The highest BCUT2D eigenvalue weighted by atomic mass is 32.2. The molecular formula is C21H19N3O5S2. The Morgan fingerprint density at radius 1 is 1.19 bits per heavy atom. The van der Waals surface area contributed by atoms with Crippen LogP contribution >= 0.6 is 23.1 Å². The maximum atomic E-state index is 12.3. The smallest absolute Gasteiger partial charge is 0.319 e. The molecule has 1 unspecified atom stereocenters. The molecule has 0 saturated carbocycles. The van der Waals surface area contributed by atoms with Crippen LogP contribution in [0, 0.1) is 10.1 Å².